The van der Waals surface area contributed by atoms with Crippen molar-refractivity contribution in [3.8, 4) is 11.5 Å². The third-order valence-corrected chi connectivity index (χ3v) is 2.65. The van der Waals surface area contributed by atoms with Gasteiger partial charge in [-0.2, -0.15) is 0 Å². The molecule has 2 aromatic rings. The van der Waals surface area contributed by atoms with Crippen LogP contribution in [0.5, 0.6) is 11.5 Å². The van der Waals surface area contributed by atoms with Crippen molar-refractivity contribution in [1.29, 1.82) is 0 Å². The van der Waals surface area contributed by atoms with E-state index in [1.807, 2.05) is 0 Å². The van der Waals surface area contributed by atoms with Crippen molar-refractivity contribution in [2.45, 2.75) is 6.61 Å². The molecule has 0 aliphatic carbocycles. The fourth-order valence-corrected chi connectivity index (χ4v) is 1.64. The van der Waals surface area contributed by atoms with Crippen molar-refractivity contribution in [2.75, 3.05) is 5.73 Å². The zero-order valence-corrected chi connectivity index (χ0v) is 10.1. The summed E-state index contributed by atoms with van der Waals surface area (Å²) in [5, 5.41) is 8.95. The molecular formula is C13H11ClFNO2. The van der Waals surface area contributed by atoms with Crippen LogP contribution in [0.15, 0.2) is 36.4 Å². The van der Waals surface area contributed by atoms with Gasteiger partial charge in [-0.3, -0.25) is 0 Å². The summed E-state index contributed by atoms with van der Waals surface area (Å²) in [6.45, 7) is -0.0956. The standard InChI is InChI=1S/C13H11ClFNO2/c14-10-5-12(16)13(6-11(10)15)18-9-3-1-2-8(4-9)7-17/h1-6,17H,7,16H2. The average Bonchev–Trinajstić information content (AvgIpc) is 2.36. The van der Waals surface area contributed by atoms with Gasteiger partial charge < -0.3 is 15.6 Å². The zero-order chi connectivity index (χ0) is 13.1. The van der Waals surface area contributed by atoms with Gasteiger partial charge in [0.15, 0.2) is 5.75 Å². The Morgan fingerprint density at radius 3 is 2.78 bits per heavy atom. The van der Waals surface area contributed by atoms with E-state index in [0.717, 1.165) is 6.07 Å². The first kappa shape index (κ1) is 12.7. The molecule has 0 heterocycles. The van der Waals surface area contributed by atoms with E-state index in [-0.39, 0.29) is 23.1 Å². The maximum atomic E-state index is 13.3. The summed E-state index contributed by atoms with van der Waals surface area (Å²) in [6, 6.07) is 9.23. The average molecular weight is 268 g/mol. The molecule has 0 radical (unpaired) electrons. The number of ether oxygens (including phenoxy) is 1. The van der Waals surface area contributed by atoms with Crippen LogP contribution in [-0.2, 0) is 6.61 Å². The smallest absolute Gasteiger partial charge is 0.153 e. The lowest BCUT2D eigenvalue weighted by Crippen LogP contribution is -1.94. The molecule has 94 valence electrons. The molecule has 0 bridgehead atoms. The van der Waals surface area contributed by atoms with Crippen molar-refractivity contribution >= 4 is 17.3 Å². The van der Waals surface area contributed by atoms with E-state index in [0.29, 0.717) is 11.3 Å². The molecule has 0 saturated heterocycles. The predicted octanol–water partition coefficient (Wildman–Crippen LogP) is 3.35. The Kier molecular flexibility index (Phi) is 3.69. The Labute approximate surface area is 109 Å². The van der Waals surface area contributed by atoms with Gasteiger partial charge in [-0.1, -0.05) is 23.7 Å². The molecule has 0 aromatic heterocycles. The molecule has 0 aliphatic heterocycles. The third kappa shape index (κ3) is 2.72. The van der Waals surface area contributed by atoms with Gasteiger partial charge in [0.2, 0.25) is 0 Å². The van der Waals surface area contributed by atoms with Gasteiger partial charge in [-0.15, -0.1) is 0 Å². The van der Waals surface area contributed by atoms with Crippen molar-refractivity contribution in [2.24, 2.45) is 0 Å². The molecule has 18 heavy (non-hydrogen) atoms. The molecule has 0 aliphatic rings. The molecular weight excluding hydrogens is 257 g/mol. The number of halogens is 2. The molecule has 0 atom stereocenters. The van der Waals surface area contributed by atoms with Crippen LogP contribution in [0, 0.1) is 5.82 Å². The molecule has 0 unspecified atom stereocenters. The molecule has 0 spiro atoms. The molecule has 5 heteroatoms. The summed E-state index contributed by atoms with van der Waals surface area (Å²) < 4.78 is 18.8. The lowest BCUT2D eigenvalue weighted by atomic mass is 10.2. The van der Waals surface area contributed by atoms with Gasteiger partial charge in [-0.25, -0.2) is 4.39 Å². The number of benzene rings is 2. The van der Waals surface area contributed by atoms with E-state index in [2.05, 4.69) is 0 Å². The fourth-order valence-electron chi connectivity index (χ4n) is 1.47. The highest BCUT2D eigenvalue weighted by atomic mass is 35.5. The van der Waals surface area contributed by atoms with Crippen LogP contribution >= 0.6 is 11.6 Å². The fraction of sp³-hybridized carbons (Fsp3) is 0.0769. The van der Waals surface area contributed by atoms with E-state index < -0.39 is 5.82 Å². The normalized spacial score (nSPS) is 10.4. The number of hydrogen-bond donors (Lipinski definition) is 2. The van der Waals surface area contributed by atoms with Gasteiger partial charge >= 0.3 is 0 Å². The van der Waals surface area contributed by atoms with E-state index in [1.54, 1.807) is 24.3 Å². The molecule has 3 N–H and O–H groups in total. The number of rotatable bonds is 3. The van der Waals surface area contributed by atoms with Crippen LogP contribution < -0.4 is 10.5 Å². The SMILES string of the molecule is Nc1cc(Cl)c(F)cc1Oc1cccc(CO)c1. The molecule has 2 rings (SSSR count). The van der Waals surface area contributed by atoms with E-state index >= 15 is 0 Å². The van der Waals surface area contributed by atoms with Crippen molar-refractivity contribution in [1.82, 2.24) is 0 Å². The predicted molar refractivity (Wildman–Crippen MR) is 68.3 cm³/mol. The number of nitrogens with two attached hydrogens (primary N) is 1. The minimum Gasteiger partial charge on any atom is -0.455 e. The minimum atomic E-state index is -0.598. The Bertz CT molecular complexity index is 575. The van der Waals surface area contributed by atoms with Gasteiger partial charge in [0.25, 0.3) is 0 Å². The second-order valence-corrected chi connectivity index (χ2v) is 4.12. The van der Waals surface area contributed by atoms with E-state index in [1.165, 1.54) is 6.07 Å². The maximum absolute atomic E-state index is 13.3. The Hall–Kier alpha value is -1.78. The van der Waals surface area contributed by atoms with Crippen LogP contribution in [0.4, 0.5) is 10.1 Å². The number of hydrogen-bond acceptors (Lipinski definition) is 3. The monoisotopic (exact) mass is 267 g/mol. The summed E-state index contributed by atoms with van der Waals surface area (Å²) >= 11 is 5.59. The van der Waals surface area contributed by atoms with Crippen molar-refractivity contribution in [3.05, 3.63) is 52.8 Å². The number of aliphatic hydroxyl groups excluding tert-OH is 1. The van der Waals surface area contributed by atoms with E-state index in [4.69, 9.17) is 27.2 Å². The van der Waals surface area contributed by atoms with Gasteiger partial charge in [-0.05, 0) is 23.8 Å². The van der Waals surface area contributed by atoms with Crippen LogP contribution in [-0.4, -0.2) is 5.11 Å². The van der Waals surface area contributed by atoms with Crippen LogP contribution in [0.2, 0.25) is 5.02 Å². The Morgan fingerprint density at radius 1 is 1.28 bits per heavy atom. The van der Waals surface area contributed by atoms with Crippen molar-refractivity contribution in [3.63, 3.8) is 0 Å². The second kappa shape index (κ2) is 5.25. The molecule has 0 amide bonds. The first-order chi connectivity index (χ1) is 8.60. The lowest BCUT2D eigenvalue weighted by Gasteiger charge is -2.10. The lowest BCUT2D eigenvalue weighted by molar-refractivity contribution is 0.281. The zero-order valence-electron chi connectivity index (χ0n) is 9.36. The number of nitrogen functional groups attached to an aromatic ring is 1. The van der Waals surface area contributed by atoms with Crippen LogP contribution in [0.3, 0.4) is 0 Å². The largest absolute Gasteiger partial charge is 0.455 e. The van der Waals surface area contributed by atoms with Crippen molar-refractivity contribution < 1.29 is 14.2 Å². The quantitative estimate of drug-likeness (QED) is 0.839. The first-order valence-electron chi connectivity index (χ1n) is 5.22. The van der Waals surface area contributed by atoms with Crippen LogP contribution in [0.1, 0.15) is 5.56 Å². The molecule has 0 saturated carbocycles. The highest BCUT2D eigenvalue weighted by molar-refractivity contribution is 6.31. The van der Waals surface area contributed by atoms with Gasteiger partial charge in [0, 0.05) is 6.07 Å². The molecule has 3 nitrogen and oxygen atoms in total. The third-order valence-electron chi connectivity index (χ3n) is 2.36. The van der Waals surface area contributed by atoms with Crippen LogP contribution in [0.25, 0.3) is 0 Å². The van der Waals surface area contributed by atoms with E-state index in [9.17, 15) is 4.39 Å². The van der Waals surface area contributed by atoms with Gasteiger partial charge in [0.1, 0.15) is 11.6 Å². The number of anilines is 1. The highest BCUT2D eigenvalue weighted by Crippen LogP contribution is 2.32. The highest BCUT2D eigenvalue weighted by Gasteiger charge is 2.08. The Balaban J connectivity index is 2.30. The molecule has 2 aromatic carbocycles. The summed E-state index contributed by atoms with van der Waals surface area (Å²) in [5.41, 5.74) is 6.62. The molecule has 0 fully saturated rings. The summed E-state index contributed by atoms with van der Waals surface area (Å²) in [6.07, 6.45) is 0. The second-order valence-electron chi connectivity index (χ2n) is 3.71. The summed E-state index contributed by atoms with van der Waals surface area (Å²) in [4.78, 5) is 0. The topological polar surface area (TPSA) is 55.5 Å². The summed E-state index contributed by atoms with van der Waals surface area (Å²) in [5.74, 6) is 0.0566. The number of aliphatic hydroxyl groups is 1. The Morgan fingerprint density at radius 2 is 2.06 bits per heavy atom. The minimum absolute atomic E-state index is 0.0519. The maximum Gasteiger partial charge on any atom is 0.153 e. The first-order valence-corrected chi connectivity index (χ1v) is 5.60. The summed E-state index contributed by atoms with van der Waals surface area (Å²) in [7, 11) is 0. The van der Waals surface area contributed by atoms with Gasteiger partial charge in [0.05, 0.1) is 17.3 Å².